The van der Waals surface area contributed by atoms with Gasteiger partial charge in [0.05, 0.1) is 11.1 Å². The molecule has 0 amide bonds. The van der Waals surface area contributed by atoms with Crippen molar-refractivity contribution in [3.8, 4) is 17.2 Å². The Morgan fingerprint density at radius 1 is 1.18 bits per heavy atom. The molecule has 0 atom stereocenters. The van der Waals surface area contributed by atoms with Gasteiger partial charge in [0, 0.05) is 28.9 Å². The van der Waals surface area contributed by atoms with Gasteiger partial charge in [0.1, 0.15) is 11.9 Å². The van der Waals surface area contributed by atoms with E-state index in [1.165, 1.54) is 12.1 Å². The van der Waals surface area contributed by atoms with Crippen LogP contribution in [0.25, 0.3) is 22.0 Å². The fourth-order valence-electron chi connectivity index (χ4n) is 2.70. The number of nitrogens with two attached hydrogens (primary N) is 1. The number of nitrogens with zero attached hydrogens (tertiary/aromatic N) is 2. The number of rotatable bonds is 2. The Kier molecular flexibility index (Phi) is 3.34. The van der Waals surface area contributed by atoms with Crippen LogP contribution in [0.1, 0.15) is 25.5 Å². The Bertz CT molecular complexity index is 901. The molecule has 0 aliphatic heterocycles. The number of hydrogen-bond donors (Lipinski definition) is 1. The molecule has 0 fully saturated rings. The molecule has 0 unspecified atom stereocenters. The molecule has 2 N–H and O–H groups in total. The third-order valence-electron chi connectivity index (χ3n) is 3.82. The highest BCUT2D eigenvalue weighted by molar-refractivity contribution is 5.97. The molecule has 0 aliphatic carbocycles. The van der Waals surface area contributed by atoms with E-state index in [0.29, 0.717) is 5.69 Å². The van der Waals surface area contributed by atoms with Crippen molar-refractivity contribution < 1.29 is 4.39 Å². The first-order valence-corrected chi connectivity index (χ1v) is 7.11. The Morgan fingerprint density at radius 2 is 1.95 bits per heavy atom. The lowest BCUT2D eigenvalue weighted by molar-refractivity contribution is 0.622. The first kappa shape index (κ1) is 14.2. The molecule has 0 aliphatic rings. The summed E-state index contributed by atoms with van der Waals surface area (Å²) in [6.45, 7) is 4.18. The minimum absolute atomic E-state index is 0.0561. The number of benzene rings is 2. The molecule has 1 aromatic heterocycles. The lowest BCUT2D eigenvalue weighted by atomic mass is 10.0. The molecule has 0 saturated heterocycles. The van der Waals surface area contributed by atoms with E-state index >= 15 is 0 Å². The quantitative estimate of drug-likeness (QED) is 0.708. The predicted molar refractivity (Wildman–Crippen MR) is 86.8 cm³/mol. The monoisotopic (exact) mass is 293 g/mol. The first-order chi connectivity index (χ1) is 10.5. The Balaban J connectivity index is 2.27. The van der Waals surface area contributed by atoms with Crippen LogP contribution in [0.5, 0.6) is 0 Å². The van der Waals surface area contributed by atoms with Crippen LogP contribution in [0.2, 0.25) is 0 Å². The second-order valence-corrected chi connectivity index (χ2v) is 5.63. The molecule has 3 rings (SSSR count). The second kappa shape index (κ2) is 5.19. The Morgan fingerprint density at radius 3 is 2.59 bits per heavy atom. The molecule has 0 saturated carbocycles. The van der Waals surface area contributed by atoms with E-state index in [-0.39, 0.29) is 11.6 Å². The molecule has 22 heavy (non-hydrogen) atoms. The molecule has 3 nitrogen and oxygen atoms in total. The SMILES string of the molecule is CC(C)n1cc(-c2ccc(C#N)c(F)c2)c2ccc(N)cc21. The van der Waals surface area contributed by atoms with Gasteiger partial charge in [-0.2, -0.15) is 5.26 Å². The van der Waals surface area contributed by atoms with Crippen molar-refractivity contribution in [2.75, 3.05) is 5.73 Å². The van der Waals surface area contributed by atoms with Gasteiger partial charge < -0.3 is 10.3 Å². The molecule has 4 heteroatoms. The minimum Gasteiger partial charge on any atom is -0.399 e. The zero-order valence-corrected chi connectivity index (χ0v) is 12.5. The zero-order valence-electron chi connectivity index (χ0n) is 12.5. The molecule has 1 heterocycles. The molecule has 0 radical (unpaired) electrons. The fraction of sp³-hybridized carbons (Fsp3) is 0.167. The summed E-state index contributed by atoms with van der Waals surface area (Å²) in [6.07, 6.45) is 2.01. The lowest BCUT2D eigenvalue weighted by Crippen LogP contribution is -1.98. The van der Waals surface area contributed by atoms with Crippen molar-refractivity contribution in [2.24, 2.45) is 0 Å². The molecule has 110 valence electrons. The van der Waals surface area contributed by atoms with Crippen molar-refractivity contribution >= 4 is 16.6 Å². The summed E-state index contributed by atoms with van der Waals surface area (Å²) in [7, 11) is 0. The van der Waals surface area contributed by atoms with Crippen LogP contribution in [0.4, 0.5) is 10.1 Å². The molecule has 0 spiro atoms. The average molecular weight is 293 g/mol. The van der Waals surface area contributed by atoms with Crippen molar-refractivity contribution in [3.05, 3.63) is 54.0 Å². The highest BCUT2D eigenvalue weighted by atomic mass is 19.1. The predicted octanol–water partition coefficient (Wildman–Crippen LogP) is 4.48. The van der Waals surface area contributed by atoms with Gasteiger partial charge in [-0.15, -0.1) is 0 Å². The maximum absolute atomic E-state index is 13.9. The molecular formula is C18H16FN3. The largest absolute Gasteiger partial charge is 0.399 e. The van der Waals surface area contributed by atoms with E-state index in [4.69, 9.17) is 11.0 Å². The summed E-state index contributed by atoms with van der Waals surface area (Å²) in [5, 5.41) is 9.87. The third kappa shape index (κ3) is 2.21. The van der Waals surface area contributed by atoms with Crippen LogP contribution in [-0.2, 0) is 0 Å². The van der Waals surface area contributed by atoms with Gasteiger partial charge in [0.2, 0.25) is 0 Å². The highest BCUT2D eigenvalue weighted by Gasteiger charge is 2.14. The summed E-state index contributed by atoms with van der Waals surface area (Å²) in [4.78, 5) is 0. The van der Waals surface area contributed by atoms with Crippen LogP contribution in [-0.4, -0.2) is 4.57 Å². The van der Waals surface area contributed by atoms with Crippen molar-refractivity contribution in [1.29, 1.82) is 5.26 Å². The van der Waals surface area contributed by atoms with Crippen LogP contribution >= 0.6 is 0 Å². The smallest absolute Gasteiger partial charge is 0.141 e. The third-order valence-corrected chi connectivity index (χ3v) is 3.82. The minimum atomic E-state index is -0.499. The van der Waals surface area contributed by atoms with Crippen molar-refractivity contribution in [1.82, 2.24) is 4.57 Å². The number of nitrogen functional groups attached to an aromatic ring is 1. The maximum atomic E-state index is 13.9. The van der Waals surface area contributed by atoms with Gasteiger partial charge in [-0.1, -0.05) is 12.1 Å². The number of fused-ring (bicyclic) bond motifs is 1. The Hall–Kier alpha value is -2.80. The number of hydrogen-bond acceptors (Lipinski definition) is 2. The van der Waals surface area contributed by atoms with Gasteiger partial charge in [0.25, 0.3) is 0 Å². The standard InChI is InChI=1S/C18H16FN3/c1-11(2)22-10-16(15-6-5-14(21)8-18(15)22)12-3-4-13(9-20)17(19)7-12/h3-8,10-11H,21H2,1-2H3. The highest BCUT2D eigenvalue weighted by Crippen LogP contribution is 2.34. The second-order valence-electron chi connectivity index (χ2n) is 5.63. The number of halogens is 1. The molecule has 3 aromatic rings. The van der Waals surface area contributed by atoms with Gasteiger partial charge in [0.15, 0.2) is 0 Å². The average Bonchev–Trinajstić information content (AvgIpc) is 2.86. The van der Waals surface area contributed by atoms with Crippen LogP contribution in [0.15, 0.2) is 42.6 Å². The van der Waals surface area contributed by atoms with Gasteiger partial charge in [-0.25, -0.2) is 4.39 Å². The van der Waals surface area contributed by atoms with Crippen LogP contribution in [0, 0.1) is 17.1 Å². The fourth-order valence-corrected chi connectivity index (χ4v) is 2.70. The summed E-state index contributed by atoms with van der Waals surface area (Å²) >= 11 is 0. The van der Waals surface area contributed by atoms with Crippen molar-refractivity contribution in [3.63, 3.8) is 0 Å². The Labute approximate surface area is 128 Å². The van der Waals surface area contributed by atoms with Crippen LogP contribution in [0.3, 0.4) is 0 Å². The van der Waals surface area contributed by atoms with E-state index < -0.39 is 5.82 Å². The number of aromatic nitrogens is 1. The summed E-state index contributed by atoms with van der Waals surface area (Å²) in [5.41, 5.74) is 9.36. The van der Waals surface area contributed by atoms with E-state index in [2.05, 4.69) is 18.4 Å². The molecule has 0 bridgehead atoms. The lowest BCUT2D eigenvalue weighted by Gasteiger charge is -2.09. The van der Waals surface area contributed by atoms with Gasteiger partial charge in [-0.05, 0) is 43.7 Å². The summed E-state index contributed by atoms with van der Waals surface area (Å²) in [6, 6.07) is 12.5. The normalized spacial score (nSPS) is 11.0. The van der Waals surface area contributed by atoms with E-state index in [0.717, 1.165) is 22.0 Å². The van der Waals surface area contributed by atoms with Crippen LogP contribution < -0.4 is 5.73 Å². The first-order valence-electron chi connectivity index (χ1n) is 7.11. The van der Waals surface area contributed by atoms with Gasteiger partial charge in [-0.3, -0.25) is 0 Å². The zero-order chi connectivity index (χ0) is 15.9. The summed E-state index contributed by atoms with van der Waals surface area (Å²) in [5.74, 6) is -0.499. The van der Waals surface area contributed by atoms with Gasteiger partial charge >= 0.3 is 0 Å². The maximum Gasteiger partial charge on any atom is 0.141 e. The molecule has 2 aromatic carbocycles. The molecular weight excluding hydrogens is 277 g/mol. The van der Waals surface area contributed by atoms with E-state index in [1.807, 2.05) is 30.5 Å². The van der Waals surface area contributed by atoms with E-state index in [9.17, 15) is 4.39 Å². The number of nitriles is 1. The number of anilines is 1. The topological polar surface area (TPSA) is 54.7 Å². The van der Waals surface area contributed by atoms with Crippen molar-refractivity contribution in [2.45, 2.75) is 19.9 Å². The summed E-state index contributed by atoms with van der Waals surface area (Å²) < 4.78 is 16.0. The van der Waals surface area contributed by atoms with E-state index in [1.54, 1.807) is 6.07 Å².